The summed E-state index contributed by atoms with van der Waals surface area (Å²) in [6.07, 6.45) is 0. The monoisotopic (exact) mass is 310 g/mol. The molecule has 3 N–H and O–H groups in total. The van der Waals surface area contributed by atoms with Crippen molar-refractivity contribution >= 4 is 33.2 Å². The average Bonchev–Trinajstić information content (AvgIpc) is 2.29. The van der Waals surface area contributed by atoms with Crippen molar-refractivity contribution in [3.05, 3.63) is 28.2 Å². The van der Waals surface area contributed by atoms with E-state index in [1.807, 2.05) is 13.8 Å². The highest BCUT2D eigenvalue weighted by Gasteiger charge is 2.20. The highest BCUT2D eigenvalue weighted by Crippen LogP contribution is 2.28. The van der Waals surface area contributed by atoms with E-state index in [9.17, 15) is 8.42 Å². The van der Waals surface area contributed by atoms with Crippen LogP contribution in [0.2, 0.25) is 10.0 Å². The van der Waals surface area contributed by atoms with Crippen LogP contribution >= 0.6 is 23.2 Å². The molecule has 0 bridgehead atoms. The van der Waals surface area contributed by atoms with Crippen molar-refractivity contribution in [1.82, 2.24) is 4.72 Å². The van der Waals surface area contributed by atoms with Crippen LogP contribution in [0, 0.1) is 5.92 Å². The van der Waals surface area contributed by atoms with Crippen LogP contribution in [-0.2, 0) is 10.0 Å². The van der Waals surface area contributed by atoms with E-state index in [0.29, 0.717) is 0 Å². The molecule has 7 heteroatoms. The molecule has 0 heterocycles. The third kappa shape index (κ3) is 3.83. The normalized spacial score (nSPS) is 13.9. The Bertz CT molecular complexity index is 518. The number of rotatable bonds is 5. The molecule has 0 aliphatic rings. The van der Waals surface area contributed by atoms with Crippen LogP contribution in [-0.4, -0.2) is 21.0 Å². The highest BCUT2D eigenvalue weighted by atomic mass is 35.5. The van der Waals surface area contributed by atoms with E-state index in [0.717, 1.165) is 0 Å². The topological polar surface area (TPSA) is 72.2 Å². The summed E-state index contributed by atoms with van der Waals surface area (Å²) < 4.78 is 26.5. The van der Waals surface area contributed by atoms with E-state index in [4.69, 9.17) is 28.9 Å². The third-order valence-corrected chi connectivity index (χ3v) is 4.97. The highest BCUT2D eigenvalue weighted by molar-refractivity contribution is 7.89. The zero-order chi connectivity index (χ0) is 13.9. The van der Waals surface area contributed by atoms with E-state index in [1.54, 1.807) is 0 Å². The fourth-order valence-corrected chi connectivity index (χ4v) is 3.04. The predicted molar refractivity (Wildman–Crippen MR) is 74.5 cm³/mol. The maximum Gasteiger partial charge on any atom is 0.242 e. The van der Waals surface area contributed by atoms with Crippen LogP contribution in [0.3, 0.4) is 0 Å². The molecule has 0 spiro atoms. The summed E-state index contributed by atoms with van der Waals surface area (Å²) in [5.74, 6) is 0.183. The molecule has 1 atom stereocenters. The lowest BCUT2D eigenvalue weighted by atomic mass is 10.1. The number of nitrogens with one attached hydrogen (secondary N) is 1. The van der Waals surface area contributed by atoms with Crippen molar-refractivity contribution in [2.45, 2.75) is 24.8 Å². The summed E-state index contributed by atoms with van der Waals surface area (Å²) in [7, 11) is -3.69. The molecule has 102 valence electrons. The van der Waals surface area contributed by atoms with E-state index < -0.39 is 10.0 Å². The Morgan fingerprint density at radius 2 is 1.94 bits per heavy atom. The van der Waals surface area contributed by atoms with Crippen molar-refractivity contribution in [3.63, 3.8) is 0 Å². The van der Waals surface area contributed by atoms with Gasteiger partial charge in [0.25, 0.3) is 0 Å². The number of halogens is 2. The van der Waals surface area contributed by atoms with Gasteiger partial charge in [-0.15, -0.1) is 0 Å². The number of nitrogens with two attached hydrogens (primary N) is 1. The lowest BCUT2D eigenvalue weighted by molar-refractivity contribution is 0.481. The van der Waals surface area contributed by atoms with Crippen LogP contribution < -0.4 is 10.5 Å². The van der Waals surface area contributed by atoms with Gasteiger partial charge in [0.15, 0.2) is 0 Å². The summed E-state index contributed by atoms with van der Waals surface area (Å²) in [4.78, 5) is -0.0346. The first-order chi connectivity index (χ1) is 8.25. The Morgan fingerprint density at radius 1 is 1.33 bits per heavy atom. The first kappa shape index (κ1) is 15.7. The van der Waals surface area contributed by atoms with Gasteiger partial charge in [0.2, 0.25) is 10.0 Å². The Labute approximate surface area is 118 Å². The summed E-state index contributed by atoms with van der Waals surface area (Å²) in [5.41, 5.74) is 5.78. The van der Waals surface area contributed by atoms with Crippen LogP contribution in [0.15, 0.2) is 23.1 Å². The minimum atomic E-state index is -3.69. The van der Waals surface area contributed by atoms with Gasteiger partial charge in [-0.1, -0.05) is 43.1 Å². The zero-order valence-electron chi connectivity index (χ0n) is 10.2. The Balaban J connectivity index is 2.91. The second kappa shape index (κ2) is 6.21. The number of benzene rings is 1. The maximum absolute atomic E-state index is 12.0. The fraction of sp³-hybridized carbons (Fsp3) is 0.455. The molecule has 0 fully saturated rings. The van der Waals surface area contributed by atoms with Crippen molar-refractivity contribution in [2.24, 2.45) is 11.7 Å². The van der Waals surface area contributed by atoms with Crippen molar-refractivity contribution in [3.8, 4) is 0 Å². The van der Waals surface area contributed by atoms with Crippen LogP contribution in [0.4, 0.5) is 0 Å². The molecule has 0 amide bonds. The van der Waals surface area contributed by atoms with Gasteiger partial charge < -0.3 is 5.73 Å². The van der Waals surface area contributed by atoms with Crippen molar-refractivity contribution < 1.29 is 8.42 Å². The molecule has 1 aromatic carbocycles. The Morgan fingerprint density at radius 3 is 2.50 bits per heavy atom. The van der Waals surface area contributed by atoms with E-state index in [1.165, 1.54) is 18.2 Å². The van der Waals surface area contributed by atoms with E-state index >= 15 is 0 Å². The molecule has 0 aliphatic heterocycles. The molecule has 1 unspecified atom stereocenters. The first-order valence-electron chi connectivity index (χ1n) is 5.45. The Hall–Kier alpha value is -0.330. The van der Waals surface area contributed by atoms with Gasteiger partial charge in [0.05, 0.1) is 10.0 Å². The van der Waals surface area contributed by atoms with Gasteiger partial charge in [-0.05, 0) is 18.1 Å². The largest absolute Gasteiger partial charge is 0.326 e. The second-order valence-electron chi connectivity index (χ2n) is 4.31. The fourth-order valence-electron chi connectivity index (χ4n) is 1.21. The molecule has 1 rings (SSSR count). The van der Waals surface area contributed by atoms with Gasteiger partial charge in [0, 0.05) is 12.6 Å². The zero-order valence-corrected chi connectivity index (χ0v) is 12.5. The second-order valence-corrected chi connectivity index (χ2v) is 6.83. The predicted octanol–water partition coefficient (Wildman–Crippen LogP) is 2.26. The van der Waals surface area contributed by atoms with Gasteiger partial charge in [-0.3, -0.25) is 0 Å². The molecular formula is C11H16Cl2N2O2S. The van der Waals surface area contributed by atoms with Crippen LogP contribution in [0.25, 0.3) is 0 Å². The molecular weight excluding hydrogens is 295 g/mol. The van der Waals surface area contributed by atoms with Gasteiger partial charge in [-0.2, -0.15) is 0 Å². The standard InChI is InChI=1S/C11H16Cl2N2O2S/c1-7(2)9(14)6-15-18(16,17)10-5-3-4-8(12)11(10)13/h3-5,7,9,15H,6,14H2,1-2H3. The molecule has 0 aromatic heterocycles. The van der Waals surface area contributed by atoms with Gasteiger partial charge in [-0.25, -0.2) is 13.1 Å². The van der Waals surface area contributed by atoms with Crippen LogP contribution in [0.5, 0.6) is 0 Å². The summed E-state index contributed by atoms with van der Waals surface area (Å²) in [6, 6.07) is 4.21. The quantitative estimate of drug-likeness (QED) is 0.876. The minimum Gasteiger partial charge on any atom is -0.326 e. The van der Waals surface area contributed by atoms with E-state index in [2.05, 4.69) is 4.72 Å². The average molecular weight is 311 g/mol. The van der Waals surface area contributed by atoms with Gasteiger partial charge >= 0.3 is 0 Å². The van der Waals surface area contributed by atoms with Crippen LogP contribution in [0.1, 0.15) is 13.8 Å². The molecule has 1 aromatic rings. The molecule has 4 nitrogen and oxygen atoms in total. The molecule has 0 aliphatic carbocycles. The first-order valence-corrected chi connectivity index (χ1v) is 7.69. The summed E-state index contributed by atoms with van der Waals surface area (Å²) in [6.45, 7) is 4.00. The Kier molecular flexibility index (Phi) is 5.43. The van der Waals surface area contributed by atoms with Gasteiger partial charge in [0.1, 0.15) is 4.90 Å². The number of sulfonamides is 1. The summed E-state index contributed by atoms with van der Waals surface area (Å²) in [5, 5.41) is 0.220. The van der Waals surface area contributed by atoms with E-state index in [-0.39, 0.29) is 33.4 Å². The number of hydrogen-bond acceptors (Lipinski definition) is 3. The smallest absolute Gasteiger partial charge is 0.242 e. The third-order valence-electron chi connectivity index (χ3n) is 2.57. The lowest BCUT2D eigenvalue weighted by Crippen LogP contribution is -2.40. The SMILES string of the molecule is CC(C)C(N)CNS(=O)(=O)c1cccc(Cl)c1Cl. The molecule has 0 radical (unpaired) electrons. The number of hydrogen-bond donors (Lipinski definition) is 2. The molecule has 0 saturated heterocycles. The molecule has 0 saturated carbocycles. The lowest BCUT2D eigenvalue weighted by Gasteiger charge is -2.16. The maximum atomic E-state index is 12.0. The van der Waals surface area contributed by atoms with Crippen molar-refractivity contribution in [2.75, 3.05) is 6.54 Å². The summed E-state index contributed by atoms with van der Waals surface area (Å²) >= 11 is 11.7. The minimum absolute atomic E-state index is 0.0183. The molecule has 18 heavy (non-hydrogen) atoms. The van der Waals surface area contributed by atoms with Crippen molar-refractivity contribution in [1.29, 1.82) is 0 Å².